The van der Waals surface area contributed by atoms with Gasteiger partial charge in [0.1, 0.15) is 5.82 Å². The Morgan fingerprint density at radius 1 is 1.14 bits per heavy atom. The number of carbonyl (C=O) groups is 1. The summed E-state index contributed by atoms with van der Waals surface area (Å²) in [7, 11) is 0. The van der Waals surface area contributed by atoms with Crippen molar-refractivity contribution in [2.45, 2.75) is 25.7 Å². The molecule has 29 heavy (non-hydrogen) atoms. The number of halogens is 2. The minimum absolute atomic E-state index is 0.110. The quantitative estimate of drug-likeness (QED) is 0.579. The van der Waals surface area contributed by atoms with Crippen molar-refractivity contribution >= 4 is 29.1 Å². The molecule has 0 saturated carbocycles. The third kappa shape index (κ3) is 4.11. The van der Waals surface area contributed by atoms with Gasteiger partial charge in [-0.05, 0) is 49.6 Å². The Hall–Kier alpha value is -2.50. The van der Waals surface area contributed by atoms with Gasteiger partial charge >= 0.3 is 0 Å². The lowest BCUT2D eigenvalue weighted by Crippen LogP contribution is -2.39. The van der Waals surface area contributed by atoms with Crippen LogP contribution in [0.15, 0.2) is 48.9 Å². The van der Waals surface area contributed by atoms with Crippen LogP contribution >= 0.6 is 23.2 Å². The van der Waals surface area contributed by atoms with Crippen molar-refractivity contribution in [3.63, 3.8) is 0 Å². The maximum absolute atomic E-state index is 13.2. The molecule has 1 aliphatic heterocycles. The molecule has 0 spiro atoms. The van der Waals surface area contributed by atoms with Crippen LogP contribution in [-0.2, 0) is 0 Å². The van der Waals surface area contributed by atoms with Crippen molar-refractivity contribution in [1.29, 1.82) is 0 Å². The molecular weight excluding hydrogens is 407 g/mol. The van der Waals surface area contributed by atoms with Gasteiger partial charge in [0.2, 0.25) is 0 Å². The molecule has 1 amide bonds. The summed E-state index contributed by atoms with van der Waals surface area (Å²) >= 11 is 12.5. The van der Waals surface area contributed by atoms with E-state index in [9.17, 15) is 4.79 Å². The maximum atomic E-state index is 13.2. The van der Waals surface area contributed by atoms with E-state index in [1.165, 1.54) is 0 Å². The van der Waals surface area contributed by atoms with Crippen molar-refractivity contribution in [3.8, 4) is 11.1 Å². The minimum Gasteiger partial charge on any atom is -0.338 e. The van der Waals surface area contributed by atoms with Crippen molar-refractivity contribution in [2.24, 2.45) is 0 Å². The van der Waals surface area contributed by atoms with E-state index < -0.39 is 0 Å². The lowest BCUT2D eigenvalue weighted by atomic mass is 9.89. The van der Waals surface area contributed by atoms with Crippen LogP contribution in [0.4, 0.5) is 0 Å². The second-order valence-electron chi connectivity index (χ2n) is 7.14. The fourth-order valence-corrected chi connectivity index (χ4v) is 4.36. The molecule has 1 aromatic carbocycles. The monoisotopic (exact) mass is 426 g/mol. The number of pyridine rings is 1. The van der Waals surface area contributed by atoms with Crippen LogP contribution in [0, 0.1) is 6.92 Å². The van der Waals surface area contributed by atoms with Crippen LogP contribution in [0.1, 0.15) is 40.6 Å². The first-order valence-electron chi connectivity index (χ1n) is 9.52. The third-order valence-electron chi connectivity index (χ3n) is 5.20. The second kappa shape index (κ2) is 8.47. The predicted octanol–water partition coefficient (Wildman–Crippen LogP) is 5.17. The molecule has 0 N–H and O–H groups in total. The highest BCUT2D eigenvalue weighted by Gasteiger charge is 2.30. The van der Waals surface area contributed by atoms with Crippen molar-refractivity contribution in [3.05, 3.63) is 76.0 Å². The van der Waals surface area contributed by atoms with Gasteiger partial charge in [-0.25, -0.2) is 9.97 Å². The molecule has 1 fully saturated rings. The molecule has 1 atom stereocenters. The van der Waals surface area contributed by atoms with Gasteiger partial charge in [-0.3, -0.25) is 9.78 Å². The summed E-state index contributed by atoms with van der Waals surface area (Å²) in [5, 5.41) is 0.750. The number of piperidine rings is 1. The Labute approximate surface area is 179 Å². The summed E-state index contributed by atoms with van der Waals surface area (Å²) in [5.41, 5.74) is 3.33. The van der Waals surface area contributed by atoms with E-state index in [0.29, 0.717) is 28.7 Å². The average molecular weight is 427 g/mol. The van der Waals surface area contributed by atoms with Crippen LogP contribution < -0.4 is 0 Å². The number of nitrogens with zero attached hydrogens (tertiary/aromatic N) is 4. The zero-order valence-electron chi connectivity index (χ0n) is 16.0. The first kappa shape index (κ1) is 19.8. The van der Waals surface area contributed by atoms with Crippen LogP contribution in [0.25, 0.3) is 11.1 Å². The molecule has 7 heteroatoms. The largest absolute Gasteiger partial charge is 0.338 e. The molecule has 1 saturated heterocycles. The molecule has 5 nitrogen and oxygen atoms in total. The first-order valence-corrected chi connectivity index (χ1v) is 10.3. The molecule has 3 aromatic rings. The third-order valence-corrected chi connectivity index (χ3v) is 5.83. The topological polar surface area (TPSA) is 59.0 Å². The highest BCUT2D eigenvalue weighted by atomic mass is 35.5. The summed E-state index contributed by atoms with van der Waals surface area (Å²) in [4.78, 5) is 28.2. The molecule has 0 bridgehead atoms. The van der Waals surface area contributed by atoms with Crippen molar-refractivity contribution in [2.75, 3.05) is 13.1 Å². The van der Waals surface area contributed by atoms with Gasteiger partial charge in [0.05, 0.1) is 21.3 Å². The predicted molar refractivity (Wildman–Crippen MR) is 114 cm³/mol. The Kier molecular flexibility index (Phi) is 5.79. The molecule has 2 aromatic heterocycles. The van der Waals surface area contributed by atoms with Crippen molar-refractivity contribution < 1.29 is 4.79 Å². The Balaban J connectivity index is 1.66. The Morgan fingerprint density at radius 2 is 1.86 bits per heavy atom. The molecule has 0 unspecified atom stereocenters. The van der Waals surface area contributed by atoms with E-state index in [-0.39, 0.29) is 11.8 Å². The Bertz CT molecular complexity index is 1020. The number of hydrogen-bond donors (Lipinski definition) is 0. The lowest BCUT2D eigenvalue weighted by molar-refractivity contribution is 0.0706. The van der Waals surface area contributed by atoms with E-state index >= 15 is 0 Å². The number of aromatic nitrogens is 3. The van der Waals surface area contributed by atoms with Gasteiger partial charge in [0.25, 0.3) is 5.91 Å². The number of benzene rings is 1. The van der Waals surface area contributed by atoms with E-state index in [0.717, 1.165) is 35.5 Å². The molecule has 0 aliphatic carbocycles. The molecule has 4 rings (SSSR count). The average Bonchev–Trinajstić information content (AvgIpc) is 2.74. The van der Waals surface area contributed by atoms with Crippen LogP contribution in [0.5, 0.6) is 0 Å². The summed E-state index contributed by atoms with van der Waals surface area (Å²) in [6.45, 7) is 3.12. The molecule has 148 valence electrons. The fourth-order valence-electron chi connectivity index (χ4n) is 3.80. The highest BCUT2D eigenvalue weighted by Crippen LogP contribution is 2.34. The Morgan fingerprint density at radius 3 is 2.59 bits per heavy atom. The van der Waals surface area contributed by atoms with Crippen LogP contribution in [0.2, 0.25) is 10.0 Å². The molecule has 3 heterocycles. The van der Waals surface area contributed by atoms with Gasteiger partial charge in [-0.1, -0.05) is 29.3 Å². The maximum Gasteiger partial charge on any atom is 0.256 e. The van der Waals surface area contributed by atoms with Crippen LogP contribution in [0.3, 0.4) is 0 Å². The number of aryl methyl sites for hydroxylation is 1. The first-order chi connectivity index (χ1) is 14.0. The van der Waals surface area contributed by atoms with Gasteiger partial charge < -0.3 is 4.90 Å². The zero-order chi connectivity index (χ0) is 20.4. The van der Waals surface area contributed by atoms with Gasteiger partial charge in [-0.15, -0.1) is 0 Å². The van der Waals surface area contributed by atoms with Gasteiger partial charge in [-0.2, -0.15) is 0 Å². The fraction of sp³-hybridized carbons (Fsp3) is 0.273. The van der Waals surface area contributed by atoms with Crippen LogP contribution in [-0.4, -0.2) is 38.8 Å². The number of hydrogen-bond acceptors (Lipinski definition) is 4. The highest BCUT2D eigenvalue weighted by molar-refractivity contribution is 6.39. The zero-order valence-corrected chi connectivity index (χ0v) is 17.5. The number of likely N-dealkylation sites (tertiary alicyclic amines) is 1. The molecule has 1 aliphatic rings. The van der Waals surface area contributed by atoms with Crippen molar-refractivity contribution in [1.82, 2.24) is 19.9 Å². The van der Waals surface area contributed by atoms with Gasteiger partial charge in [0.15, 0.2) is 0 Å². The summed E-state index contributed by atoms with van der Waals surface area (Å²) in [5.74, 6) is 0.691. The number of amides is 1. The normalized spacial score (nSPS) is 16.7. The number of rotatable bonds is 3. The van der Waals surface area contributed by atoms with E-state index in [1.54, 1.807) is 30.6 Å². The lowest BCUT2D eigenvalue weighted by Gasteiger charge is -2.33. The summed E-state index contributed by atoms with van der Waals surface area (Å²) in [6.07, 6.45) is 7.22. The second-order valence-corrected chi connectivity index (χ2v) is 7.95. The standard InChI is InChI=1S/C22H20Cl2N4O/c1-14-26-12-17(15-7-9-25-10-8-15)21(27-14)16-4-3-11-28(13-16)22(29)20-18(23)5-2-6-19(20)24/h2,5-10,12,16H,3-4,11,13H2,1H3/t16-/m0/s1. The van der Waals surface area contributed by atoms with E-state index in [4.69, 9.17) is 28.2 Å². The van der Waals surface area contributed by atoms with E-state index in [2.05, 4.69) is 9.97 Å². The molecule has 0 radical (unpaired) electrons. The number of carbonyl (C=O) groups excluding carboxylic acids is 1. The summed E-state index contributed by atoms with van der Waals surface area (Å²) in [6, 6.07) is 9.03. The SMILES string of the molecule is Cc1ncc(-c2ccncc2)c([C@H]2CCCN(C(=O)c3c(Cl)cccc3Cl)C2)n1. The molecular formula is C22H20Cl2N4O. The summed E-state index contributed by atoms with van der Waals surface area (Å²) < 4.78 is 0. The smallest absolute Gasteiger partial charge is 0.256 e. The minimum atomic E-state index is -0.137. The van der Waals surface area contributed by atoms with E-state index in [1.807, 2.05) is 30.2 Å². The van der Waals surface area contributed by atoms with Gasteiger partial charge in [0, 0.05) is 43.2 Å².